The van der Waals surface area contributed by atoms with Crippen molar-refractivity contribution in [2.24, 2.45) is 0 Å². The molecule has 0 atom stereocenters. The van der Waals surface area contributed by atoms with Crippen molar-refractivity contribution in [3.05, 3.63) is 29.8 Å². The molecule has 3 heteroatoms. The van der Waals surface area contributed by atoms with Gasteiger partial charge in [-0.05, 0) is 25.0 Å². The van der Waals surface area contributed by atoms with E-state index in [2.05, 4.69) is 18.7 Å². The van der Waals surface area contributed by atoms with Crippen molar-refractivity contribution in [2.45, 2.75) is 117 Å². The summed E-state index contributed by atoms with van der Waals surface area (Å²) in [5.74, 6) is -0.817. The fraction of sp³-hybridized carbons (Fsp3) is 0.741. The molecule has 0 aromatic heterocycles. The molecule has 0 aliphatic rings. The number of nitrogens with zero attached hydrogens (tertiary/aromatic N) is 1. The van der Waals surface area contributed by atoms with Crippen LogP contribution in [-0.2, 0) is 0 Å². The summed E-state index contributed by atoms with van der Waals surface area (Å²) in [6.45, 7) is 6.46. The zero-order valence-electron chi connectivity index (χ0n) is 19.8. The fourth-order valence-electron chi connectivity index (χ4n) is 4.16. The molecule has 0 radical (unpaired) electrons. The fourth-order valence-corrected chi connectivity index (χ4v) is 4.16. The van der Waals surface area contributed by atoms with Crippen LogP contribution in [0.3, 0.4) is 0 Å². The van der Waals surface area contributed by atoms with E-state index in [9.17, 15) is 9.90 Å². The summed E-state index contributed by atoms with van der Waals surface area (Å²) in [5, 5.41) is 9.61. The van der Waals surface area contributed by atoms with Crippen molar-refractivity contribution in [1.29, 1.82) is 0 Å². The standard InChI is InChI=1S/C27H47NO2/c1-3-5-7-9-11-13-15-19-23-28(24-20-16-14-12-10-8-6-4-2)26-22-18-17-21-25(26)27(29)30/h17-18,21-22H,3-16,19-20,23-24H2,1-2H3,(H,29,30). The van der Waals surface area contributed by atoms with E-state index in [4.69, 9.17) is 0 Å². The van der Waals surface area contributed by atoms with Crippen LogP contribution in [0, 0.1) is 0 Å². The van der Waals surface area contributed by atoms with Gasteiger partial charge in [0.05, 0.1) is 11.3 Å². The molecule has 0 unspecified atom stereocenters. The van der Waals surface area contributed by atoms with Gasteiger partial charge in [-0.25, -0.2) is 4.79 Å². The topological polar surface area (TPSA) is 40.5 Å². The number of rotatable bonds is 20. The number of aromatic carboxylic acids is 1. The first-order valence-electron chi connectivity index (χ1n) is 12.8. The van der Waals surface area contributed by atoms with E-state index in [1.807, 2.05) is 18.2 Å². The molecular weight excluding hydrogens is 370 g/mol. The van der Waals surface area contributed by atoms with Gasteiger partial charge in [-0.2, -0.15) is 0 Å². The minimum absolute atomic E-state index is 0.441. The highest BCUT2D eigenvalue weighted by molar-refractivity contribution is 5.94. The molecule has 0 spiro atoms. The number of carboxylic acid groups (broad SMARTS) is 1. The van der Waals surface area contributed by atoms with Crippen LogP contribution in [0.1, 0.15) is 127 Å². The van der Waals surface area contributed by atoms with E-state index >= 15 is 0 Å². The SMILES string of the molecule is CCCCCCCCCCN(CCCCCCCCCC)c1ccccc1C(=O)O. The number of carboxylic acids is 1. The maximum atomic E-state index is 11.7. The molecule has 172 valence electrons. The number of carbonyl (C=O) groups is 1. The summed E-state index contributed by atoms with van der Waals surface area (Å²) in [6.07, 6.45) is 20.8. The molecule has 0 fully saturated rings. The van der Waals surface area contributed by atoms with Crippen LogP contribution in [0.5, 0.6) is 0 Å². The lowest BCUT2D eigenvalue weighted by Crippen LogP contribution is -2.27. The molecule has 3 nitrogen and oxygen atoms in total. The maximum absolute atomic E-state index is 11.7. The molecule has 0 amide bonds. The smallest absolute Gasteiger partial charge is 0.337 e. The molecule has 0 heterocycles. The van der Waals surface area contributed by atoms with Crippen molar-refractivity contribution >= 4 is 11.7 Å². The first kappa shape index (κ1) is 26.5. The molecule has 1 rings (SSSR count). The Morgan fingerprint density at radius 1 is 0.667 bits per heavy atom. The van der Waals surface area contributed by atoms with Gasteiger partial charge in [0.2, 0.25) is 0 Å². The van der Waals surface area contributed by atoms with E-state index in [1.54, 1.807) is 6.07 Å². The zero-order chi connectivity index (χ0) is 21.9. The van der Waals surface area contributed by atoms with Gasteiger partial charge in [-0.3, -0.25) is 0 Å². The summed E-state index contributed by atoms with van der Waals surface area (Å²) in [6, 6.07) is 7.53. The third-order valence-corrected chi connectivity index (χ3v) is 6.04. The third kappa shape index (κ3) is 12.2. The van der Waals surface area contributed by atoms with Crippen LogP contribution >= 0.6 is 0 Å². The van der Waals surface area contributed by atoms with Gasteiger partial charge in [0.15, 0.2) is 0 Å². The summed E-state index contributed by atoms with van der Waals surface area (Å²) in [4.78, 5) is 14.0. The highest BCUT2D eigenvalue weighted by atomic mass is 16.4. The van der Waals surface area contributed by atoms with Crippen molar-refractivity contribution < 1.29 is 9.90 Å². The van der Waals surface area contributed by atoms with Crippen LogP contribution in [0.4, 0.5) is 5.69 Å². The third-order valence-electron chi connectivity index (χ3n) is 6.04. The molecule has 1 aromatic carbocycles. The Labute approximate surface area is 186 Å². The molecule has 0 bridgehead atoms. The average Bonchev–Trinajstić information content (AvgIpc) is 2.76. The summed E-state index contributed by atoms with van der Waals surface area (Å²) in [5.41, 5.74) is 1.34. The summed E-state index contributed by atoms with van der Waals surface area (Å²) in [7, 11) is 0. The number of hydrogen-bond donors (Lipinski definition) is 1. The van der Waals surface area contributed by atoms with Crippen molar-refractivity contribution in [1.82, 2.24) is 0 Å². The van der Waals surface area contributed by atoms with Gasteiger partial charge in [-0.15, -0.1) is 0 Å². The molecule has 30 heavy (non-hydrogen) atoms. The maximum Gasteiger partial charge on any atom is 0.337 e. The van der Waals surface area contributed by atoms with E-state index < -0.39 is 5.97 Å². The molecular formula is C27H47NO2. The van der Waals surface area contributed by atoms with E-state index in [-0.39, 0.29) is 0 Å². The first-order chi connectivity index (χ1) is 14.7. The molecule has 1 aromatic rings. The number of benzene rings is 1. The second kappa shape index (κ2) is 18.3. The highest BCUT2D eigenvalue weighted by Gasteiger charge is 2.15. The summed E-state index contributed by atoms with van der Waals surface area (Å²) < 4.78 is 0. The second-order valence-corrected chi connectivity index (χ2v) is 8.76. The Morgan fingerprint density at radius 3 is 1.50 bits per heavy atom. The number of unbranched alkanes of at least 4 members (excludes halogenated alkanes) is 14. The van der Waals surface area contributed by atoms with Crippen LogP contribution in [-0.4, -0.2) is 24.2 Å². The van der Waals surface area contributed by atoms with E-state index in [0.717, 1.165) is 31.6 Å². The van der Waals surface area contributed by atoms with Gasteiger partial charge >= 0.3 is 5.97 Å². The van der Waals surface area contributed by atoms with Gasteiger partial charge < -0.3 is 10.0 Å². The predicted molar refractivity (Wildman–Crippen MR) is 131 cm³/mol. The van der Waals surface area contributed by atoms with Crippen LogP contribution < -0.4 is 4.90 Å². The molecule has 0 saturated heterocycles. The zero-order valence-corrected chi connectivity index (χ0v) is 19.8. The predicted octanol–water partition coefficient (Wildman–Crippen LogP) is 8.47. The Balaban J connectivity index is 2.44. The van der Waals surface area contributed by atoms with Crippen LogP contribution in [0.25, 0.3) is 0 Å². The minimum atomic E-state index is -0.817. The first-order valence-corrected chi connectivity index (χ1v) is 12.8. The Kier molecular flexibility index (Phi) is 16.2. The van der Waals surface area contributed by atoms with Gasteiger partial charge in [0.25, 0.3) is 0 Å². The highest BCUT2D eigenvalue weighted by Crippen LogP contribution is 2.22. The monoisotopic (exact) mass is 417 g/mol. The minimum Gasteiger partial charge on any atom is -0.478 e. The molecule has 1 N–H and O–H groups in total. The Morgan fingerprint density at radius 2 is 1.07 bits per heavy atom. The van der Waals surface area contributed by atoms with Gasteiger partial charge in [-0.1, -0.05) is 116 Å². The van der Waals surface area contributed by atoms with E-state index in [0.29, 0.717) is 5.56 Å². The molecule has 0 aliphatic heterocycles. The Bertz CT molecular complexity index is 523. The lowest BCUT2D eigenvalue weighted by Gasteiger charge is -2.26. The van der Waals surface area contributed by atoms with Gasteiger partial charge in [0.1, 0.15) is 0 Å². The quantitative estimate of drug-likeness (QED) is 0.216. The lowest BCUT2D eigenvalue weighted by atomic mass is 10.1. The van der Waals surface area contributed by atoms with E-state index in [1.165, 1.54) is 89.9 Å². The number of hydrogen-bond acceptors (Lipinski definition) is 2. The average molecular weight is 418 g/mol. The normalized spacial score (nSPS) is 11.0. The molecule has 0 saturated carbocycles. The largest absolute Gasteiger partial charge is 0.478 e. The van der Waals surface area contributed by atoms with Crippen molar-refractivity contribution in [3.8, 4) is 0 Å². The summed E-state index contributed by atoms with van der Waals surface area (Å²) >= 11 is 0. The van der Waals surface area contributed by atoms with Crippen LogP contribution in [0.15, 0.2) is 24.3 Å². The van der Waals surface area contributed by atoms with Crippen LogP contribution in [0.2, 0.25) is 0 Å². The molecule has 0 aliphatic carbocycles. The Hall–Kier alpha value is -1.51. The van der Waals surface area contributed by atoms with Crippen molar-refractivity contribution in [3.63, 3.8) is 0 Å². The second-order valence-electron chi connectivity index (χ2n) is 8.76. The lowest BCUT2D eigenvalue weighted by molar-refractivity contribution is 0.0697. The number of para-hydroxylation sites is 1. The van der Waals surface area contributed by atoms with Gasteiger partial charge in [0, 0.05) is 13.1 Å². The van der Waals surface area contributed by atoms with Crippen molar-refractivity contribution in [2.75, 3.05) is 18.0 Å². The number of anilines is 1.